The Kier molecular flexibility index (Phi) is 7.50. The minimum atomic E-state index is -0.486. The molecule has 0 aliphatic heterocycles. The van der Waals surface area contributed by atoms with Gasteiger partial charge in [0.25, 0.3) is 5.91 Å². The van der Waals surface area contributed by atoms with Crippen LogP contribution >= 0.6 is 11.6 Å². The highest BCUT2D eigenvalue weighted by Gasteiger charge is 2.37. The first kappa shape index (κ1) is 21.5. The Labute approximate surface area is 166 Å². The Hall–Kier alpha value is -1.79. The average Bonchev–Trinajstić information content (AvgIpc) is 2.61. The van der Waals surface area contributed by atoms with Crippen molar-refractivity contribution in [3.05, 3.63) is 23.2 Å². The Morgan fingerprint density at radius 1 is 1.33 bits per heavy atom. The molecule has 1 aliphatic rings. The van der Waals surface area contributed by atoms with Crippen LogP contribution in [0, 0.1) is 5.92 Å². The number of nitrogens with one attached hydrogen (secondary N) is 1. The summed E-state index contributed by atoms with van der Waals surface area (Å²) < 4.78 is 5.54. The topological polar surface area (TPSA) is 84.7 Å². The fourth-order valence-electron chi connectivity index (χ4n) is 3.52. The van der Waals surface area contributed by atoms with Gasteiger partial charge in [-0.05, 0) is 51.8 Å². The number of carbonyl (C=O) groups is 2. The van der Waals surface area contributed by atoms with Crippen LogP contribution in [0.2, 0.25) is 5.02 Å². The number of likely N-dealkylation sites (N-methyl/N-ethyl adjacent to an activating group) is 1. The van der Waals surface area contributed by atoms with Gasteiger partial charge in [-0.3, -0.25) is 9.59 Å². The maximum atomic E-state index is 12.6. The quantitative estimate of drug-likeness (QED) is 0.740. The van der Waals surface area contributed by atoms with Gasteiger partial charge in [0.05, 0.1) is 10.9 Å². The fraction of sp³-hybridized carbons (Fsp3) is 0.600. The van der Waals surface area contributed by atoms with Gasteiger partial charge >= 0.3 is 0 Å². The first-order valence-corrected chi connectivity index (χ1v) is 9.96. The van der Waals surface area contributed by atoms with E-state index in [9.17, 15) is 9.59 Å². The van der Waals surface area contributed by atoms with E-state index in [4.69, 9.17) is 22.1 Å². The first-order valence-electron chi connectivity index (χ1n) is 9.58. The van der Waals surface area contributed by atoms with E-state index < -0.39 is 5.54 Å². The lowest BCUT2D eigenvalue weighted by molar-refractivity contribution is -0.133. The van der Waals surface area contributed by atoms with Crippen LogP contribution in [-0.2, 0) is 9.59 Å². The van der Waals surface area contributed by atoms with E-state index in [2.05, 4.69) is 5.32 Å². The Balaban J connectivity index is 1.98. The molecule has 2 rings (SSSR count). The molecule has 0 spiro atoms. The summed E-state index contributed by atoms with van der Waals surface area (Å²) in [6, 6.07) is 5.01. The van der Waals surface area contributed by atoms with E-state index in [1.165, 1.54) is 0 Å². The van der Waals surface area contributed by atoms with E-state index in [1.807, 2.05) is 20.8 Å². The van der Waals surface area contributed by atoms with Gasteiger partial charge in [-0.1, -0.05) is 24.4 Å². The molecule has 0 aromatic heterocycles. The Morgan fingerprint density at radius 3 is 2.63 bits per heavy atom. The number of ether oxygens (including phenoxy) is 1. The number of benzene rings is 1. The predicted molar refractivity (Wildman–Crippen MR) is 108 cm³/mol. The van der Waals surface area contributed by atoms with E-state index >= 15 is 0 Å². The van der Waals surface area contributed by atoms with E-state index in [0.717, 1.165) is 25.7 Å². The molecule has 27 heavy (non-hydrogen) atoms. The van der Waals surface area contributed by atoms with Gasteiger partial charge in [0.15, 0.2) is 6.61 Å². The van der Waals surface area contributed by atoms with Crippen molar-refractivity contribution >= 4 is 29.1 Å². The number of rotatable bonds is 7. The molecule has 1 aliphatic carbocycles. The third kappa shape index (κ3) is 5.59. The number of anilines is 1. The van der Waals surface area contributed by atoms with Crippen LogP contribution in [0.1, 0.15) is 46.5 Å². The molecular weight excluding hydrogens is 366 g/mol. The van der Waals surface area contributed by atoms with Crippen molar-refractivity contribution in [2.24, 2.45) is 11.7 Å². The van der Waals surface area contributed by atoms with Gasteiger partial charge < -0.3 is 20.7 Å². The number of nitrogens with zero attached hydrogens (tertiary/aromatic N) is 1. The summed E-state index contributed by atoms with van der Waals surface area (Å²) in [5.41, 5.74) is 6.41. The molecule has 0 heterocycles. The number of hydrogen-bond donors (Lipinski definition) is 2. The number of halogens is 1. The Bertz CT molecular complexity index is 674. The lowest BCUT2D eigenvalue weighted by atomic mass is 9.74. The zero-order chi connectivity index (χ0) is 20.0. The highest BCUT2D eigenvalue weighted by atomic mass is 35.5. The van der Waals surface area contributed by atoms with Gasteiger partial charge in [-0.2, -0.15) is 0 Å². The van der Waals surface area contributed by atoms with Gasteiger partial charge in [0, 0.05) is 24.3 Å². The van der Waals surface area contributed by atoms with Gasteiger partial charge in [0.2, 0.25) is 5.91 Å². The van der Waals surface area contributed by atoms with Crippen LogP contribution in [0.5, 0.6) is 5.75 Å². The van der Waals surface area contributed by atoms with Crippen molar-refractivity contribution in [1.29, 1.82) is 0 Å². The van der Waals surface area contributed by atoms with Crippen LogP contribution in [0.3, 0.4) is 0 Å². The molecule has 1 aromatic rings. The molecule has 1 saturated carbocycles. The fourth-order valence-corrected chi connectivity index (χ4v) is 3.76. The second kappa shape index (κ2) is 9.42. The molecule has 2 unspecified atom stereocenters. The van der Waals surface area contributed by atoms with Crippen molar-refractivity contribution in [3.63, 3.8) is 0 Å². The first-order chi connectivity index (χ1) is 12.8. The number of carbonyl (C=O) groups excluding carboxylic acids is 2. The Morgan fingerprint density at radius 2 is 2.04 bits per heavy atom. The van der Waals surface area contributed by atoms with Crippen molar-refractivity contribution in [2.75, 3.05) is 25.0 Å². The van der Waals surface area contributed by atoms with Crippen LogP contribution < -0.4 is 15.8 Å². The van der Waals surface area contributed by atoms with Gasteiger partial charge in [-0.15, -0.1) is 0 Å². The number of amides is 2. The predicted octanol–water partition coefficient (Wildman–Crippen LogP) is 3.43. The zero-order valence-corrected chi connectivity index (χ0v) is 17.1. The van der Waals surface area contributed by atoms with Crippen LogP contribution in [0.4, 0.5) is 5.69 Å². The smallest absolute Gasteiger partial charge is 0.260 e. The molecule has 150 valence electrons. The van der Waals surface area contributed by atoms with Crippen molar-refractivity contribution in [2.45, 2.75) is 52.0 Å². The summed E-state index contributed by atoms with van der Waals surface area (Å²) in [6.07, 6.45) is 3.71. The maximum absolute atomic E-state index is 12.6. The van der Waals surface area contributed by atoms with Crippen molar-refractivity contribution in [1.82, 2.24) is 4.90 Å². The molecule has 2 atom stereocenters. The second-order valence-electron chi connectivity index (χ2n) is 7.29. The van der Waals surface area contributed by atoms with Crippen molar-refractivity contribution < 1.29 is 14.3 Å². The standard InChI is InChI=1S/C20H30ClN3O3/c1-4-24(5-2)18(25)13-27-17-10-9-14(12-16(17)21)23-19(26)15-8-6-7-11-20(15,3)22/h9-10,12,15H,4-8,11,13,22H2,1-3H3,(H,23,26). The molecule has 2 amide bonds. The number of nitrogens with two attached hydrogens (primary N) is 1. The molecule has 1 aromatic carbocycles. The largest absolute Gasteiger partial charge is 0.482 e. The zero-order valence-electron chi connectivity index (χ0n) is 16.4. The molecule has 3 N–H and O–H groups in total. The SMILES string of the molecule is CCN(CC)C(=O)COc1ccc(NC(=O)C2CCCCC2(C)N)cc1Cl. The summed E-state index contributed by atoms with van der Waals surface area (Å²) in [4.78, 5) is 26.3. The molecule has 7 heteroatoms. The highest BCUT2D eigenvalue weighted by Crippen LogP contribution is 2.33. The summed E-state index contributed by atoms with van der Waals surface area (Å²) in [6.45, 7) is 6.99. The van der Waals surface area contributed by atoms with Crippen LogP contribution in [-0.4, -0.2) is 41.9 Å². The molecule has 6 nitrogen and oxygen atoms in total. The lowest BCUT2D eigenvalue weighted by Gasteiger charge is -2.37. The van der Waals surface area contributed by atoms with Crippen LogP contribution in [0.15, 0.2) is 18.2 Å². The van der Waals surface area contributed by atoms with Crippen molar-refractivity contribution in [3.8, 4) is 5.75 Å². The summed E-state index contributed by atoms with van der Waals surface area (Å²) >= 11 is 6.26. The normalized spacial score (nSPS) is 22.2. The average molecular weight is 396 g/mol. The van der Waals surface area contributed by atoms with E-state index in [-0.39, 0.29) is 24.3 Å². The molecule has 0 saturated heterocycles. The highest BCUT2D eigenvalue weighted by molar-refractivity contribution is 6.32. The van der Waals surface area contributed by atoms with Gasteiger partial charge in [-0.25, -0.2) is 0 Å². The van der Waals surface area contributed by atoms with E-state index in [1.54, 1.807) is 23.1 Å². The molecule has 1 fully saturated rings. The minimum absolute atomic E-state index is 0.0687. The summed E-state index contributed by atoms with van der Waals surface area (Å²) in [5.74, 6) is 0.0262. The second-order valence-corrected chi connectivity index (χ2v) is 7.70. The van der Waals surface area contributed by atoms with Gasteiger partial charge in [0.1, 0.15) is 5.75 Å². The third-order valence-corrected chi connectivity index (χ3v) is 5.53. The number of hydrogen-bond acceptors (Lipinski definition) is 4. The van der Waals surface area contributed by atoms with E-state index in [0.29, 0.717) is 29.5 Å². The molecule has 0 bridgehead atoms. The molecule has 0 radical (unpaired) electrons. The molecular formula is C20H30ClN3O3. The third-order valence-electron chi connectivity index (χ3n) is 5.24. The minimum Gasteiger partial charge on any atom is -0.482 e. The van der Waals surface area contributed by atoms with Crippen LogP contribution in [0.25, 0.3) is 0 Å². The maximum Gasteiger partial charge on any atom is 0.260 e. The monoisotopic (exact) mass is 395 g/mol. The summed E-state index contributed by atoms with van der Waals surface area (Å²) in [5, 5.41) is 3.25. The lowest BCUT2D eigenvalue weighted by Crippen LogP contribution is -2.51. The summed E-state index contributed by atoms with van der Waals surface area (Å²) in [7, 11) is 0.